The summed E-state index contributed by atoms with van der Waals surface area (Å²) in [6, 6.07) is 6.93. The van der Waals surface area contributed by atoms with Crippen LogP contribution in [0.2, 0.25) is 5.02 Å². The van der Waals surface area contributed by atoms with Gasteiger partial charge in [0.1, 0.15) is 5.82 Å². The molecule has 2 nitrogen and oxygen atoms in total. The molecular formula is C13H12ClFN2. The molecule has 2 aromatic rings. The molecule has 0 aliphatic carbocycles. The molecule has 1 aromatic carbocycles. The molecule has 0 fully saturated rings. The third kappa shape index (κ3) is 2.94. The molecule has 0 aliphatic rings. The van der Waals surface area contributed by atoms with Crippen LogP contribution in [0.25, 0.3) is 0 Å². The molecule has 88 valence electrons. The minimum atomic E-state index is -0.373. The number of nitrogens with one attached hydrogen (secondary N) is 1. The second-order valence-electron chi connectivity index (χ2n) is 3.82. The van der Waals surface area contributed by atoms with Gasteiger partial charge >= 0.3 is 0 Å². The Bertz CT molecular complexity index is 529. The van der Waals surface area contributed by atoms with E-state index in [4.69, 9.17) is 11.6 Å². The zero-order valence-corrected chi connectivity index (χ0v) is 10.1. The van der Waals surface area contributed by atoms with Crippen LogP contribution in [0.4, 0.5) is 10.1 Å². The second kappa shape index (κ2) is 5.15. The number of aromatic nitrogens is 1. The summed E-state index contributed by atoms with van der Waals surface area (Å²) in [6.45, 7) is 2.34. The molecule has 17 heavy (non-hydrogen) atoms. The lowest BCUT2D eigenvalue weighted by molar-refractivity contribution is 0.613. The van der Waals surface area contributed by atoms with Gasteiger partial charge in [0.2, 0.25) is 0 Å². The molecule has 0 radical (unpaired) electrons. The minimum Gasteiger partial charge on any atom is -0.380 e. The summed E-state index contributed by atoms with van der Waals surface area (Å²) in [6.07, 6.45) is 3.47. The number of aryl methyl sites for hydroxylation is 1. The molecule has 0 saturated heterocycles. The smallest absolute Gasteiger partial charge is 0.146 e. The Hall–Kier alpha value is -1.61. The van der Waals surface area contributed by atoms with Gasteiger partial charge in [-0.2, -0.15) is 0 Å². The molecule has 0 amide bonds. The van der Waals surface area contributed by atoms with Crippen molar-refractivity contribution in [2.75, 3.05) is 5.32 Å². The first kappa shape index (κ1) is 11.9. The molecule has 0 saturated carbocycles. The molecule has 0 spiro atoms. The second-order valence-corrected chi connectivity index (χ2v) is 4.22. The molecule has 0 bridgehead atoms. The summed E-state index contributed by atoms with van der Waals surface area (Å²) in [5.41, 5.74) is 2.46. The van der Waals surface area contributed by atoms with E-state index in [1.165, 1.54) is 6.07 Å². The fourth-order valence-electron chi connectivity index (χ4n) is 1.53. The number of halogens is 2. The highest BCUT2D eigenvalue weighted by Crippen LogP contribution is 2.19. The molecule has 0 unspecified atom stereocenters. The van der Waals surface area contributed by atoms with Crippen LogP contribution in [-0.4, -0.2) is 4.98 Å². The van der Waals surface area contributed by atoms with Crippen molar-refractivity contribution >= 4 is 17.3 Å². The predicted octanol–water partition coefficient (Wildman–Crippen LogP) is 3.79. The maximum Gasteiger partial charge on any atom is 0.146 e. The summed E-state index contributed by atoms with van der Waals surface area (Å²) in [4.78, 5) is 4.05. The molecule has 1 heterocycles. The Morgan fingerprint density at radius 3 is 2.94 bits per heavy atom. The fourth-order valence-corrected chi connectivity index (χ4v) is 1.73. The zero-order valence-electron chi connectivity index (χ0n) is 9.37. The van der Waals surface area contributed by atoms with Crippen LogP contribution >= 0.6 is 11.6 Å². The van der Waals surface area contributed by atoms with Gasteiger partial charge in [0.05, 0.1) is 10.7 Å². The maximum absolute atomic E-state index is 13.6. The Morgan fingerprint density at radius 1 is 1.35 bits per heavy atom. The third-order valence-corrected chi connectivity index (χ3v) is 2.68. The zero-order chi connectivity index (χ0) is 12.3. The van der Waals surface area contributed by atoms with E-state index in [2.05, 4.69) is 10.3 Å². The van der Waals surface area contributed by atoms with Gasteiger partial charge in [-0.1, -0.05) is 23.7 Å². The van der Waals surface area contributed by atoms with Gasteiger partial charge < -0.3 is 5.32 Å². The van der Waals surface area contributed by atoms with E-state index in [0.717, 1.165) is 11.3 Å². The van der Waals surface area contributed by atoms with Crippen LogP contribution in [0, 0.1) is 12.7 Å². The highest BCUT2D eigenvalue weighted by molar-refractivity contribution is 6.30. The molecule has 1 N–H and O–H groups in total. The van der Waals surface area contributed by atoms with E-state index in [0.29, 0.717) is 12.1 Å². The Labute approximate surface area is 104 Å². The van der Waals surface area contributed by atoms with Crippen molar-refractivity contribution in [3.8, 4) is 0 Å². The van der Waals surface area contributed by atoms with Gasteiger partial charge in [-0.15, -0.1) is 0 Å². The quantitative estimate of drug-likeness (QED) is 0.896. The Balaban J connectivity index is 2.10. The lowest BCUT2D eigenvalue weighted by Crippen LogP contribution is -2.02. The van der Waals surface area contributed by atoms with Gasteiger partial charge in [0.15, 0.2) is 0 Å². The van der Waals surface area contributed by atoms with Crippen molar-refractivity contribution in [3.05, 3.63) is 58.6 Å². The van der Waals surface area contributed by atoms with E-state index in [-0.39, 0.29) is 10.8 Å². The molecule has 0 atom stereocenters. The lowest BCUT2D eigenvalue weighted by atomic mass is 10.2. The van der Waals surface area contributed by atoms with E-state index in [1.807, 2.05) is 13.0 Å². The molecule has 0 aliphatic heterocycles. The summed E-state index contributed by atoms with van der Waals surface area (Å²) < 4.78 is 13.6. The molecule has 2 rings (SSSR count). The number of rotatable bonds is 3. The van der Waals surface area contributed by atoms with E-state index >= 15 is 0 Å². The average Bonchev–Trinajstić information content (AvgIpc) is 2.31. The largest absolute Gasteiger partial charge is 0.380 e. The predicted molar refractivity (Wildman–Crippen MR) is 67.7 cm³/mol. The number of nitrogens with zero attached hydrogens (tertiary/aromatic N) is 1. The van der Waals surface area contributed by atoms with E-state index in [9.17, 15) is 4.39 Å². The summed E-state index contributed by atoms with van der Waals surface area (Å²) in [7, 11) is 0. The summed E-state index contributed by atoms with van der Waals surface area (Å²) in [5, 5.41) is 3.25. The van der Waals surface area contributed by atoms with Gasteiger partial charge in [0.25, 0.3) is 0 Å². The van der Waals surface area contributed by atoms with Crippen molar-refractivity contribution in [1.29, 1.82) is 0 Å². The van der Waals surface area contributed by atoms with Gasteiger partial charge in [-0.3, -0.25) is 4.98 Å². The molecular weight excluding hydrogens is 239 g/mol. The van der Waals surface area contributed by atoms with Crippen molar-refractivity contribution < 1.29 is 4.39 Å². The van der Waals surface area contributed by atoms with Crippen LogP contribution < -0.4 is 5.32 Å². The van der Waals surface area contributed by atoms with Gasteiger partial charge in [-0.05, 0) is 24.6 Å². The van der Waals surface area contributed by atoms with Crippen molar-refractivity contribution in [2.24, 2.45) is 0 Å². The first-order valence-corrected chi connectivity index (χ1v) is 5.63. The van der Waals surface area contributed by atoms with Crippen LogP contribution in [0.1, 0.15) is 11.1 Å². The third-order valence-electron chi connectivity index (χ3n) is 2.39. The first-order valence-electron chi connectivity index (χ1n) is 5.25. The SMILES string of the molecule is Cc1cncc(NCc2cccc(Cl)c2F)c1. The van der Waals surface area contributed by atoms with E-state index < -0.39 is 0 Å². The van der Waals surface area contributed by atoms with Gasteiger partial charge in [-0.25, -0.2) is 4.39 Å². The van der Waals surface area contributed by atoms with Crippen molar-refractivity contribution in [1.82, 2.24) is 4.98 Å². The van der Waals surface area contributed by atoms with E-state index in [1.54, 1.807) is 24.5 Å². The fraction of sp³-hybridized carbons (Fsp3) is 0.154. The highest BCUT2D eigenvalue weighted by Gasteiger charge is 2.05. The number of hydrogen-bond acceptors (Lipinski definition) is 2. The van der Waals surface area contributed by atoms with Crippen LogP contribution in [-0.2, 0) is 6.54 Å². The van der Waals surface area contributed by atoms with Crippen molar-refractivity contribution in [2.45, 2.75) is 13.5 Å². The number of pyridine rings is 1. The normalized spacial score (nSPS) is 10.3. The van der Waals surface area contributed by atoms with Crippen LogP contribution in [0.3, 0.4) is 0 Å². The topological polar surface area (TPSA) is 24.9 Å². The Kier molecular flexibility index (Phi) is 3.59. The summed E-state index contributed by atoms with van der Waals surface area (Å²) in [5.74, 6) is -0.373. The van der Waals surface area contributed by atoms with Gasteiger partial charge in [0, 0.05) is 24.5 Å². The number of anilines is 1. The lowest BCUT2D eigenvalue weighted by Gasteiger charge is -2.08. The highest BCUT2D eigenvalue weighted by atomic mass is 35.5. The minimum absolute atomic E-state index is 0.145. The number of hydrogen-bond donors (Lipinski definition) is 1. The molecule has 4 heteroatoms. The monoisotopic (exact) mass is 250 g/mol. The molecule has 1 aromatic heterocycles. The first-order chi connectivity index (χ1) is 8.16. The van der Waals surface area contributed by atoms with Crippen LogP contribution in [0.5, 0.6) is 0 Å². The van der Waals surface area contributed by atoms with Crippen molar-refractivity contribution in [3.63, 3.8) is 0 Å². The standard InChI is InChI=1S/C13H12ClFN2/c1-9-5-11(8-16-6-9)17-7-10-3-2-4-12(14)13(10)15/h2-6,8,17H,7H2,1H3. The Morgan fingerprint density at radius 2 is 2.18 bits per heavy atom. The maximum atomic E-state index is 13.6. The average molecular weight is 251 g/mol. The summed E-state index contributed by atoms with van der Waals surface area (Å²) >= 11 is 5.71. The van der Waals surface area contributed by atoms with Crippen LogP contribution in [0.15, 0.2) is 36.7 Å². The number of benzene rings is 1.